The molecule has 18 heavy (non-hydrogen) atoms. The molecule has 5 nitrogen and oxygen atoms in total. The Hall–Kier alpha value is -0.00506. The van der Waals surface area contributed by atoms with Crippen LogP contribution in [0.25, 0.3) is 0 Å². The minimum absolute atomic E-state index is 0. The van der Waals surface area contributed by atoms with Crippen molar-refractivity contribution in [3.63, 3.8) is 0 Å². The molecular weight excluding hydrogens is 280 g/mol. The molecule has 110 valence electrons. The average Bonchev–Trinajstić information content (AvgIpc) is 2.20. The van der Waals surface area contributed by atoms with Crippen LogP contribution in [0.3, 0.4) is 0 Å². The molecule has 0 aliphatic rings. The maximum atomic E-state index is 10.5. The fourth-order valence-corrected chi connectivity index (χ4v) is 1.65. The molecule has 0 saturated heterocycles. The molecule has 0 aliphatic carbocycles. The van der Waals surface area contributed by atoms with Gasteiger partial charge in [0.1, 0.15) is 0 Å². The van der Waals surface area contributed by atoms with E-state index in [-0.39, 0.29) is 37.2 Å². The molecule has 0 amide bonds. The van der Waals surface area contributed by atoms with Crippen LogP contribution in [0.15, 0.2) is 0 Å². The Bertz CT molecular complexity index is 210. The fourth-order valence-electron chi connectivity index (χ4n) is 1.65. The molecule has 0 saturated carbocycles. The summed E-state index contributed by atoms with van der Waals surface area (Å²) in [5, 5.41) is 26.0. The highest BCUT2D eigenvalue weighted by molar-refractivity contribution is 6.40. The maximum Gasteiger partial charge on any atom is 0.451 e. The van der Waals surface area contributed by atoms with Crippen LogP contribution in [-0.4, -0.2) is 34.8 Å². The second-order valence-electron chi connectivity index (χ2n) is 4.44. The molecule has 0 spiro atoms. The summed E-state index contributed by atoms with van der Waals surface area (Å²) in [4.78, 5) is 10.5. The first-order valence-electron chi connectivity index (χ1n) is 5.73. The van der Waals surface area contributed by atoms with Crippen molar-refractivity contribution in [2.45, 2.75) is 38.9 Å². The Morgan fingerprint density at radius 3 is 2.17 bits per heavy atom. The zero-order valence-electron chi connectivity index (χ0n) is 10.6. The third-order valence-electron chi connectivity index (χ3n) is 2.78. The molecule has 0 aromatic heterocycles. The lowest BCUT2D eigenvalue weighted by molar-refractivity contribution is -0.138. The number of halogens is 2. The average molecular weight is 304 g/mol. The van der Waals surface area contributed by atoms with Crippen LogP contribution < -0.4 is 5.73 Å². The summed E-state index contributed by atoms with van der Waals surface area (Å²) in [6.07, 6.45) is 2.88. The lowest BCUT2D eigenvalue weighted by Gasteiger charge is -2.16. The number of rotatable bonds is 9. The van der Waals surface area contributed by atoms with Crippen LogP contribution in [0.1, 0.15) is 32.6 Å². The molecule has 5 N–H and O–H groups in total. The van der Waals surface area contributed by atoms with Gasteiger partial charge < -0.3 is 20.9 Å². The van der Waals surface area contributed by atoms with Gasteiger partial charge in [0.05, 0.1) is 0 Å². The second-order valence-corrected chi connectivity index (χ2v) is 4.44. The van der Waals surface area contributed by atoms with Crippen LogP contribution >= 0.6 is 24.8 Å². The van der Waals surface area contributed by atoms with Gasteiger partial charge in [-0.05, 0) is 31.1 Å². The van der Waals surface area contributed by atoms with Crippen molar-refractivity contribution >= 4 is 37.9 Å². The summed E-state index contributed by atoms with van der Waals surface area (Å²) < 4.78 is 0. The maximum absolute atomic E-state index is 10.5. The van der Waals surface area contributed by atoms with E-state index in [2.05, 4.69) is 0 Å². The predicted molar refractivity (Wildman–Crippen MR) is 77.3 cm³/mol. The Labute approximate surface area is 121 Å². The summed E-state index contributed by atoms with van der Waals surface area (Å²) in [5.41, 5.74) is 5.49. The van der Waals surface area contributed by atoms with Crippen molar-refractivity contribution in [2.24, 2.45) is 17.6 Å². The zero-order valence-corrected chi connectivity index (χ0v) is 12.3. The molecule has 0 bridgehead atoms. The van der Waals surface area contributed by atoms with E-state index < -0.39 is 13.1 Å². The molecular formula is C10H24BCl2NO4. The molecule has 0 heterocycles. The van der Waals surface area contributed by atoms with Gasteiger partial charge in [0.15, 0.2) is 0 Å². The third kappa shape index (κ3) is 14.1. The number of aliphatic carboxylic acids is 1. The van der Waals surface area contributed by atoms with Gasteiger partial charge in [-0.1, -0.05) is 19.8 Å². The standard InChI is InChI=1S/C10H22BNO4.2ClH/c1-8(4-5-11(15)16)2-3-9(7-12)6-10(13)14;;/h8-9,15-16H,2-7,12H2,1H3,(H,13,14);2*1H. The molecule has 0 aromatic rings. The Morgan fingerprint density at radius 1 is 1.22 bits per heavy atom. The van der Waals surface area contributed by atoms with E-state index in [1.165, 1.54) is 0 Å². The van der Waals surface area contributed by atoms with Gasteiger partial charge >= 0.3 is 13.1 Å². The molecule has 0 aliphatic heterocycles. The molecule has 0 fully saturated rings. The summed E-state index contributed by atoms with van der Waals surface area (Å²) in [6.45, 7) is 2.42. The van der Waals surface area contributed by atoms with Crippen molar-refractivity contribution in [3.05, 3.63) is 0 Å². The van der Waals surface area contributed by atoms with E-state index in [0.717, 1.165) is 19.3 Å². The Kier molecular flexibility index (Phi) is 17.2. The van der Waals surface area contributed by atoms with Gasteiger partial charge in [0.25, 0.3) is 0 Å². The minimum Gasteiger partial charge on any atom is -0.481 e. The molecule has 2 unspecified atom stereocenters. The minimum atomic E-state index is -1.24. The number of carboxylic acids is 1. The van der Waals surface area contributed by atoms with Crippen LogP contribution in [0.4, 0.5) is 0 Å². The largest absolute Gasteiger partial charge is 0.481 e. The lowest BCUT2D eigenvalue weighted by atomic mass is 9.80. The fraction of sp³-hybridized carbons (Fsp3) is 0.900. The highest BCUT2D eigenvalue weighted by Gasteiger charge is 2.14. The second kappa shape index (κ2) is 13.4. The highest BCUT2D eigenvalue weighted by atomic mass is 35.5. The highest BCUT2D eigenvalue weighted by Crippen LogP contribution is 2.18. The van der Waals surface area contributed by atoms with Gasteiger partial charge in [-0.25, -0.2) is 0 Å². The molecule has 0 rings (SSSR count). The first kappa shape index (κ1) is 23.1. The monoisotopic (exact) mass is 303 g/mol. The van der Waals surface area contributed by atoms with E-state index in [1.54, 1.807) is 0 Å². The van der Waals surface area contributed by atoms with Crippen molar-refractivity contribution < 1.29 is 19.9 Å². The van der Waals surface area contributed by atoms with Crippen molar-refractivity contribution in [1.29, 1.82) is 0 Å². The SMILES string of the molecule is CC(CCB(O)O)CCC(CN)CC(=O)O.Cl.Cl. The van der Waals surface area contributed by atoms with Gasteiger partial charge in [-0.3, -0.25) is 4.79 Å². The van der Waals surface area contributed by atoms with E-state index in [1.807, 2.05) is 6.92 Å². The van der Waals surface area contributed by atoms with Crippen molar-refractivity contribution in [1.82, 2.24) is 0 Å². The first-order chi connectivity index (χ1) is 7.45. The van der Waals surface area contributed by atoms with Crippen LogP contribution in [0, 0.1) is 11.8 Å². The van der Waals surface area contributed by atoms with Gasteiger partial charge in [0.2, 0.25) is 0 Å². The first-order valence-corrected chi connectivity index (χ1v) is 5.73. The number of hydrogen-bond acceptors (Lipinski definition) is 4. The van der Waals surface area contributed by atoms with E-state index in [9.17, 15) is 4.79 Å². The quantitative estimate of drug-likeness (QED) is 0.479. The lowest BCUT2D eigenvalue weighted by Crippen LogP contribution is -2.19. The van der Waals surface area contributed by atoms with Crippen molar-refractivity contribution in [2.75, 3.05) is 6.54 Å². The Balaban J connectivity index is -0.00000112. The van der Waals surface area contributed by atoms with Crippen LogP contribution in [0.2, 0.25) is 6.32 Å². The third-order valence-corrected chi connectivity index (χ3v) is 2.78. The normalized spacial score (nSPS) is 12.9. The van der Waals surface area contributed by atoms with Crippen molar-refractivity contribution in [3.8, 4) is 0 Å². The molecule has 2 atom stereocenters. The number of hydrogen-bond donors (Lipinski definition) is 4. The predicted octanol–water partition coefficient (Wildman–Crippen LogP) is 1.16. The summed E-state index contributed by atoms with van der Waals surface area (Å²) in [5.74, 6) is -0.419. The van der Waals surface area contributed by atoms with Gasteiger partial charge in [-0.15, -0.1) is 24.8 Å². The van der Waals surface area contributed by atoms with Crippen LogP contribution in [0.5, 0.6) is 0 Å². The molecule has 8 heteroatoms. The van der Waals surface area contributed by atoms with Gasteiger partial charge in [-0.2, -0.15) is 0 Å². The molecule has 0 radical (unpaired) electrons. The number of carbonyl (C=O) groups is 1. The van der Waals surface area contributed by atoms with E-state index in [4.69, 9.17) is 20.9 Å². The van der Waals surface area contributed by atoms with E-state index >= 15 is 0 Å². The van der Waals surface area contributed by atoms with E-state index in [0.29, 0.717) is 18.8 Å². The Morgan fingerprint density at radius 2 is 1.78 bits per heavy atom. The zero-order chi connectivity index (χ0) is 12.6. The molecule has 0 aromatic carbocycles. The summed E-state index contributed by atoms with van der Waals surface area (Å²) >= 11 is 0. The summed E-state index contributed by atoms with van der Waals surface area (Å²) in [7, 11) is -1.24. The van der Waals surface area contributed by atoms with Gasteiger partial charge in [0, 0.05) is 6.42 Å². The topological polar surface area (TPSA) is 104 Å². The smallest absolute Gasteiger partial charge is 0.451 e. The van der Waals surface area contributed by atoms with Crippen LogP contribution in [-0.2, 0) is 4.79 Å². The number of nitrogens with two attached hydrogens (primary N) is 1. The summed E-state index contributed by atoms with van der Waals surface area (Å²) in [6, 6.07) is 0. The number of carboxylic acid groups (broad SMARTS) is 1.